The number of amides is 1. The van der Waals surface area contributed by atoms with Crippen LogP contribution in [0.2, 0.25) is 0 Å². The first-order valence-electron chi connectivity index (χ1n) is 4.93. The number of carbonyl (C=O) groups is 1. The maximum absolute atomic E-state index is 11.0. The summed E-state index contributed by atoms with van der Waals surface area (Å²) in [5.74, 6) is -0.222. The van der Waals surface area contributed by atoms with Crippen LogP contribution in [0.5, 0.6) is 0 Å². The molecule has 1 amide bonds. The molecule has 0 spiro atoms. The standard InChI is InChI=1S/C11H16N2O.ClH/c1-2-9(11(12)14)6-7-10-5-3-4-8-13-10;/h3-5,8-9H,2,6-7H2,1H3,(H2,12,14);1H. The van der Waals surface area contributed by atoms with Crippen LogP contribution >= 0.6 is 12.4 Å². The highest BCUT2D eigenvalue weighted by atomic mass is 35.5. The van der Waals surface area contributed by atoms with Crippen molar-refractivity contribution in [3.05, 3.63) is 30.1 Å². The zero-order valence-corrected chi connectivity index (χ0v) is 9.67. The molecule has 0 radical (unpaired) electrons. The lowest BCUT2D eigenvalue weighted by molar-refractivity contribution is -0.122. The molecule has 4 heteroatoms. The van der Waals surface area contributed by atoms with Gasteiger partial charge in [-0.1, -0.05) is 13.0 Å². The maximum atomic E-state index is 11.0. The summed E-state index contributed by atoms with van der Waals surface area (Å²) in [5.41, 5.74) is 6.27. The monoisotopic (exact) mass is 228 g/mol. The van der Waals surface area contributed by atoms with Crippen LogP contribution in [-0.2, 0) is 11.2 Å². The number of hydrogen-bond acceptors (Lipinski definition) is 2. The van der Waals surface area contributed by atoms with E-state index < -0.39 is 0 Å². The minimum atomic E-state index is -0.205. The third-order valence-electron chi connectivity index (χ3n) is 2.37. The number of nitrogens with two attached hydrogens (primary N) is 1. The molecule has 15 heavy (non-hydrogen) atoms. The topological polar surface area (TPSA) is 56.0 Å². The van der Waals surface area contributed by atoms with E-state index in [0.717, 1.165) is 25.0 Å². The van der Waals surface area contributed by atoms with E-state index in [1.807, 2.05) is 25.1 Å². The van der Waals surface area contributed by atoms with Gasteiger partial charge in [0.2, 0.25) is 5.91 Å². The Morgan fingerprint density at radius 1 is 1.53 bits per heavy atom. The van der Waals surface area contributed by atoms with Gasteiger partial charge in [0.1, 0.15) is 0 Å². The third kappa shape index (κ3) is 4.79. The smallest absolute Gasteiger partial charge is 0.220 e. The SMILES string of the molecule is CCC(CCc1ccccn1)C(N)=O.Cl. The molecule has 2 N–H and O–H groups in total. The van der Waals surface area contributed by atoms with Crippen LogP contribution in [0.1, 0.15) is 25.5 Å². The van der Waals surface area contributed by atoms with Crippen molar-refractivity contribution in [3.8, 4) is 0 Å². The molecule has 1 atom stereocenters. The molecule has 0 aliphatic carbocycles. The molecule has 0 saturated carbocycles. The molecule has 0 fully saturated rings. The van der Waals surface area contributed by atoms with Gasteiger partial charge in [-0.2, -0.15) is 0 Å². The summed E-state index contributed by atoms with van der Waals surface area (Å²) in [5, 5.41) is 0. The summed E-state index contributed by atoms with van der Waals surface area (Å²) < 4.78 is 0. The largest absolute Gasteiger partial charge is 0.369 e. The van der Waals surface area contributed by atoms with Gasteiger partial charge in [0, 0.05) is 17.8 Å². The first-order chi connectivity index (χ1) is 6.74. The lowest BCUT2D eigenvalue weighted by Gasteiger charge is -2.09. The molecular weight excluding hydrogens is 212 g/mol. The molecule has 0 bridgehead atoms. The highest BCUT2D eigenvalue weighted by Crippen LogP contribution is 2.10. The molecule has 1 aromatic heterocycles. The van der Waals surface area contributed by atoms with Gasteiger partial charge in [0.25, 0.3) is 0 Å². The number of primary amides is 1. The summed E-state index contributed by atoms with van der Waals surface area (Å²) in [6.07, 6.45) is 4.19. The van der Waals surface area contributed by atoms with Crippen molar-refractivity contribution in [2.24, 2.45) is 11.7 Å². The number of carbonyl (C=O) groups excluding carboxylic acids is 1. The molecule has 0 saturated heterocycles. The highest BCUT2D eigenvalue weighted by molar-refractivity contribution is 5.85. The van der Waals surface area contributed by atoms with Gasteiger partial charge in [-0.25, -0.2) is 0 Å². The van der Waals surface area contributed by atoms with Crippen molar-refractivity contribution >= 4 is 18.3 Å². The van der Waals surface area contributed by atoms with E-state index in [0.29, 0.717) is 0 Å². The minimum Gasteiger partial charge on any atom is -0.369 e. The minimum absolute atomic E-state index is 0. The fourth-order valence-corrected chi connectivity index (χ4v) is 1.42. The molecule has 1 heterocycles. The Morgan fingerprint density at radius 3 is 2.73 bits per heavy atom. The number of nitrogens with zero attached hydrogens (tertiary/aromatic N) is 1. The molecule has 84 valence electrons. The zero-order chi connectivity index (χ0) is 10.4. The first kappa shape index (κ1) is 13.9. The predicted octanol–water partition coefficient (Wildman–Crippen LogP) is 1.95. The fraction of sp³-hybridized carbons (Fsp3) is 0.455. The Labute approximate surface area is 96.5 Å². The molecular formula is C11H17ClN2O. The Hall–Kier alpha value is -1.09. The van der Waals surface area contributed by atoms with Gasteiger partial charge in [-0.3, -0.25) is 9.78 Å². The maximum Gasteiger partial charge on any atom is 0.220 e. The van der Waals surface area contributed by atoms with E-state index >= 15 is 0 Å². The van der Waals surface area contributed by atoms with E-state index in [9.17, 15) is 4.79 Å². The summed E-state index contributed by atoms with van der Waals surface area (Å²) in [7, 11) is 0. The number of halogens is 1. The van der Waals surface area contributed by atoms with Crippen LogP contribution in [0.4, 0.5) is 0 Å². The number of hydrogen-bond donors (Lipinski definition) is 1. The van der Waals surface area contributed by atoms with Crippen LogP contribution in [0.15, 0.2) is 24.4 Å². The van der Waals surface area contributed by atoms with Gasteiger partial charge in [0.15, 0.2) is 0 Å². The van der Waals surface area contributed by atoms with Crippen molar-refractivity contribution in [2.45, 2.75) is 26.2 Å². The molecule has 1 aromatic rings. The van der Waals surface area contributed by atoms with Gasteiger partial charge in [-0.05, 0) is 31.4 Å². The summed E-state index contributed by atoms with van der Waals surface area (Å²) in [4.78, 5) is 15.1. The Kier molecular flexibility index (Phi) is 6.71. The Morgan fingerprint density at radius 2 is 2.27 bits per heavy atom. The quantitative estimate of drug-likeness (QED) is 0.838. The second-order valence-electron chi connectivity index (χ2n) is 3.37. The van der Waals surface area contributed by atoms with Crippen LogP contribution < -0.4 is 5.73 Å². The van der Waals surface area contributed by atoms with E-state index in [1.54, 1.807) is 6.20 Å². The van der Waals surface area contributed by atoms with E-state index in [1.165, 1.54) is 0 Å². The van der Waals surface area contributed by atoms with Gasteiger partial charge >= 0.3 is 0 Å². The number of aromatic nitrogens is 1. The average Bonchev–Trinajstić information content (AvgIpc) is 2.20. The normalized spacial score (nSPS) is 11.5. The Balaban J connectivity index is 0.00000196. The summed E-state index contributed by atoms with van der Waals surface area (Å²) >= 11 is 0. The lowest BCUT2D eigenvalue weighted by Crippen LogP contribution is -2.23. The lowest BCUT2D eigenvalue weighted by atomic mass is 9.98. The summed E-state index contributed by atoms with van der Waals surface area (Å²) in [6, 6.07) is 5.80. The Bertz CT molecular complexity index is 290. The number of rotatable bonds is 5. The molecule has 1 rings (SSSR count). The van der Waals surface area contributed by atoms with Crippen molar-refractivity contribution in [2.75, 3.05) is 0 Å². The van der Waals surface area contributed by atoms with Crippen LogP contribution in [0, 0.1) is 5.92 Å². The van der Waals surface area contributed by atoms with E-state index in [-0.39, 0.29) is 24.2 Å². The van der Waals surface area contributed by atoms with Gasteiger partial charge < -0.3 is 5.73 Å². The predicted molar refractivity (Wildman–Crippen MR) is 62.8 cm³/mol. The first-order valence-corrected chi connectivity index (χ1v) is 4.93. The van der Waals surface area contributed by atoms with Crippen LogP contribution in [0.3, 0.4) is 0 Å². The van der Waals surface area contributed by atoms with Crippen molar-refractivity contribution in [1.82, 2.24) is 4.98 Å². The fourth-order valence-electron chi connectivity index (χ4n) is 1.42. The van der Waals surface area contributed by atoms with Crippen LogP contribution in [-0.4, -0.2) is 10.9 Å². The molecule has 1 unspecified atom stereocenters. The van der Waals surface area contributed by atoms with E-state index in [4.69, 9.17) is 5.73 Å². The van der Waals surface area contributed by atoms with Crippen LogP contribution in [0.25, 0.3) is 0 Å². The third-order valence-corrected chi connectivity index (χ3v) is 2.37. The second-order valence-corrected chi connectivity index (χ2v) is 3.37. The molecule has 3 nitrogen and oxygen atoms in total. The average molecular weight is 229 g/mol. The number of pyridine rings is 1. The van der Waals surface area contributed by atoms with E-state index in [2.05, 4.69) is 4.98 Å². The second kappa shape index (κ2) is 7.23. The van der Waals surface area contributed by atoms with Gasteiger partial charge in [-0.15, -0.1) is 12.4 Å². The van der Waals surface area contributed by atoms with Gasteiger partial charge in [0.05, 0.1) is 0 Å². The number of aryl methyl sites for hydroxylation is 1. The van der Waals surface area contributed by atoms with Crippen molar-refractivity contribution in [3.63, 3.8) is 0 Å². The highest BCUT2D eigenvalue weighted by Gasteiger charge is 2.12. The molecule has 0 aromatic carbocycles. The zero-order valence-electron chi connectivity index (χ0n) is 8.85. The van der Waals surface area contributed by atoms with Crippen molar-refractivity contribution in [1.29, 1.82) is 0 Å². The summed E-state index contributed by atoms with van der Waals surface area (Å²) in [6.45, 7) is 1.98. The van der Waals surface area contributed by atoms with Crippen molar-refractivity contribution < 1.29 is 4.79 Å². The molecule has 0 aliphatic heterocycles. The molecule has 0 aliphatic rings.